The van der Waals surface area contributed by atoms with Crippen LogP contribution in [0, 0.1) is 0 Å². The van der Waals surface area contributed by atoms with E-state index in [0.717, 1.165) is 24.5 Å². The Bertz CT molecular complexity index is 361. The molecule has 0 saturated carbocycles. The van der Waals surface area contributed by atoms with Crippen molar-refractivity contribution in [2.75, 3.05) is 13.2 Å². The molecule has 2 aliphatic rings. The minimum absolute atomic E-state index is 0.200. The van der Waals surface area contributed by atoms with Gasteiger partial charge in [0.2, 0.25) is 0 Å². The Balaban J connectivity index is 1.63. The molecule has 2 unspecified atom stereocenters. The molecule has 1 fully saturated rings. The first-order valence-corrected chi connectivity index (χ1v) is 6.04. The van der Waals surface area contributed by atoms with Crippen molar-refractivity contribution in [2.45, 2.75) is 31.4 Å². The van der Waals surface area contributed by atoms with E-state index in [4.69, 9.17) is 9.47 Å². The maximum Gasteiger partial charge on any atom is 0.161 e. The van der Waals surface area contributed by atoms with Crippen molar-refractivity contribution in [2.24, 2.45) is 0 Å². The number of benzene rings is 1. The minimum atomic E-state index is 0.200. The molecule has 3 nitrogen and oxygen atoms in total. The van der Waals surface area contributed by atoms with Gasteiger partial charge in [0.05, 0.1) is 0 Å². The van der Waals surface area contributed by atoms with Gasteiger partial charge in [-0.2, -0.15) is 0 Å². The molecule has 2 heterocycles. The van der Waals surface area contributed by atoms with Crippen molar-refractivity contribution < 1.29 is 9.47 Å². The molecule has 3 heteroatoms. The van der Waals surface area contributed by atoms with Crippen LogP contribution in [-0.4, -0.2) is 25.3 Å². The Morgan fingerprint density at radius 1 is 1.25 bits per heavy atom. The summed E-state index contributed by atoms with van der Waals surface area (Å²) in [5, 5.41) is 3.49. The SMILES string of the molecule is c1ccc2c(c1)OCC(CC1CCCN1)O2. The summed E-state index contributed by atoms with van der Waals surface area (Å²) in [6.45, 7) is 1.82. The van der Waals surface area contributed by atoms with Gasteiger partial charge >= 0.3 is 0 Å². The molecule has 0 spiro atoms. The fourth-order valence-electron chi connectivity index (χ4n) is 2.45. The lowest BCUT2D eigenvalue weighted by Crippen LogP contribution is -2.35. The summed E-state index contributed by atoms with van der Waals surface area (Å²) in [6.07, 6.45) is 3.80. The molecule has 0 aromatic heterocycles. The van der Waals surface area contributed by atoms with Crippen LogP contribution in [0.25, 0.3) is 0 Å². The van der Waals surface area contributed by atoms with E-state index in [0.29, 0.717) is 12.6 Å². The summed E-state index contributed by atoms with van der Waals surface area (Å²) < 4.78 is 11.6. The van der Waals surface area contributed by atoms with E-state index >= 15 is 0 Å². The molecule has 0 aliphatic carbocycles. The van der Waals surface area contributed by atoms with Gasteiger partial charge in [-0.05, 0) is 31.5 Å². The Labute approximate surface area is 95.8 Å². The summed E-state index contributed by atoms with van der Waals surface area (Å²) in [7, 11) is 0. The maximum atomic E-state index is 5.93. The quantitative estimate of drug-likeness (QED) is 0.825. The van der Waals surface area contributed by atoms with Gasteiger partial charge in [0.15, 0.2) is 11.5 Å². The van der Waals surface area contributed by atoms with Crippen LogP contribution in [0.3, 0.4) is 0 Å². The average molecular weight is 219 g/mol. The van der Waals surface area contributed by atoms with E-state index in [2.05, 4.69) is 5.32 Å². The lowest BCUT2D eigenvalue weighted by atomic mass is 10.1. The molecular weight excluding hydrogens is 202 g/mol. The van der Waals surface area contributed by atoms with Crippen LogP contribution in [0.4, 0.5) is 0 Å². The molecule has 2 aliphatic heterocycles. The highest BCUT2D eigenvalue weighted by Gasteiger charge is 2.25. The molecular formula is C13H17NO2. The first kappa shape index (κ1) is 9.97. The molecule has 1 saturated heterocycles. The first-order valence-electron chi connectivity index (χ1n) is 6.04. The zero-order valence-electron chi connectivity index (χ0n) is 9.32. The molecule has 1 N–H and O–H groups in total. The molecule has 16 heavy (non-hydrogen) atoms. The monoisotopic (exact) mass is 219 g/mol. The topological polar surface area (TPSA) is 30.5 Å². The Morgan fingerprint density at radius 2 is 2.12 bits per heavy atom. The van der Waals surface area contributed by atoms with E-state index in [1.165, 1.54) is 12.8 Å². The average Bonchev–Trinajstić information content (AvgIpc) is 2.82. The van der Waals surface area contributed by atoms with E-state index < -0.39 is 0 Å². The third-order valence-corrected chi connectivity index (χ3v) is 3.28. The summed E-state index contributed by atoms with van der Waals surface area (Å²) >= 11 is 0. The van der Waals surface area contributed by atoms with Crippen molar-refractivity contribution in [3.8, 4) is 11.5 Å². The summed E-state index contributed by atoms with van der Waals surface area (Å²) in [5.41, 5.74) is 0. The Morgan fingerprint density at radius 3 is 2.94 bits per heavy atom. The van der Waals surface area contributed by atoms with Gasteiger partial charge in [0.1, 0.15) is 12.7 Å². The van der Waals surface area contributed by atoms with Crippen LogP contribution < -0.4 is 14.8 Å². The highest BCUT2D eigenvalue weighted by Crippen LogP contribution is 2.32. The second-order valence-corrected chi connectivity index (χ2v) is 4.53. The highest BCUT2D eigenvalue weighted by atomic mass is 16.6. The summed E-state index contributed by atoms with van der Waals surface area (Å²) in [5.74, 6) is 1.76. The number of hydrogen-bond acceptors (Lipinski definition) is 3. The molecule has 1 aromatic rings. The zero-order chi connectivity index (χ0) is 10.8. The number of nitrogens with one attached hydrogen (secondary N) is 1. The molecule has 2 atom stereocenters. The van der Waals surface area contributed by atoms with E-state index in [1.54, 1.807) is 0 Å². The fourth-order valence-corrected chi connectivity index (χ4v) is 2.45. The Hall–Kier alpha value is -1.22. The van der Waals surface area contributed by atoms with Crippen molar-refractivity contribution in [1.82, 2.24) is 5.32 Å². The Kier molecular flexibility index (Phi) is 2.70. The van der Waals surface area contributed by atoms with Crippen LogP contribution >= 0.6 is 0 Å². The van der Waals surface area contributed by atoms with Crippen molar-refractivity contribution >= 4 is 0 Å². The lowest BCUT2D eigenvalue weighted by molar-refractivity contribution is 0.0783. The summed E-state index contributed by atoms with van der Waals surface area (Å²) in [6, 6.07) is 8.50. The molecule has 0 amide bonds. The molecule has 86 valence electrons. The van der Waals surface area contributed by atoms with Crippen molar-refractivity contribution in [1.29, 1.82) is 0 Å². The van der Waals surface area contributed by atoms with Gasteiger partial charge in [-0.1, -0.05) is 12.1 Å². The van der Waals surface area contributed by atoms with Crippen molar-refractivity contribution in [3.63, 3.8) is 0 Å². The van der Waals surface area contributed by atoms with Crippen LogP contribution in [0.15, 0.2) is 24.3 Å². The second-order valence-electron chi connectivity index (χ2n) is 4.53. The van der Waals surface area contributed by atoms with Gasteiger partial charge in [-0.3, -0.25) is 0 Å². The van der Waals surface area contributed by atoms with E-state index in [-0.39, 0.29) is 6.10 Å². The van der Waals surface area contributed by atoms with Gasteiger partial charge in [0.25, 0.3) is 0 Å². The molecule has 0 radical (unpaired) electrons. The molecule has 3 rings (SSSR count). The number of ether oxygens (including phenoxy) is 2. The van der Waals surface area contributed by atoms with Gasteiger partial charge < -0.3 is 14.8 Å². The first-order chi connectivity index (χ1) is 7.92. The van der Waals surface area contributed by atoms with Crippen LogP contribution in [-0.2, 0) is 0 Å². The minimum Gasteiger partial charge on any atom is -0.486 e. The van der Waals surface area contributed by atoms with Crippen LogP contribution in [0.2, 0.25) is 0 Å². The number of para-hydroxylation sites is 2. The highest BCUT2D eigenvalue weighted by molar-refractivity contribution is 5.40. The predicted octanol–water partition coefficient (Wildman–Crippen LogP) is 1.97. The third kappa shape index (κ3) is 2.00. The largest absolute Gasteiger partial charge is 0.486 e. The van der Waals surface area contributed by atoms with Gasteiger partial charge in [-0.15, -0.1) is 0 Å². The predicted molar refractivity (Wildman–Crippen MR) is 62.0 cm³/mol. The van der Waals surface area contributed by atoms with Gasteiger partial charge in [-0.25, -0.2) is 0 Å². The maximum absolute atomic E-state index is 5.93. The van der Waals surface area contributed by atoms with E-state index in [9.17, 15) is 0 Å². The van der Waals surface area contributed by atoms with Crippen molar-refractivity contribution in [3.05, 3.63) is 24.3 Å². The standard InChI is InChI=1S/C13H17NO2/c1-2-6-13-12(5-1)15-9-11(16-13)8-10-4-3-7-14-10/h1-2,5-6,10-11,14H,3-4,7-9H2. The summed E-state index contributed by atoms with van der Waals surface area (Å²) in [4.78, 5) is 0. The second kappa shape index (κ2) is 4.34. The number of fused-ring (bicyclic) bond motifs is 1. The van der Waals surface area contributed by atoms with E-state index in [1.807, 2.05) is 24.3 Å². The van der Waals surface area contributed by atoms with Gasteiger partial charge in [0, 0.05) is 12.5 Å². The normalized spacial score (nSPS) is 28.0. The smallest absolute Gasteiger partial charge is 0.161 e. The van der Waals surface area contributed by atoms with Crippen LogP contribution in [0.5, 0.6) is 11.5 Å². The number of hydrogen-bond donors (Lipinski definition) is 1. The fraction of sp³-hybridized carbons (Fsp3) is 0.538. The van der Waals surface area contributed by atoms with Crippen LogP contribution in [0.1, 0.15) is 19.3 Å². The molecule has 0 bridgehead atoms. The third-order valence-electron chi connectivity index (χ3n) is 3.28. The zero-order valence-corrected chi connectivity index (χ0v) is 9.32. The molecule has 1 aromatic carbocycles. The number of rotatable bonds is 2. The lowest BCUT2D eigenvalue weighted by Gasteiger charge is -2.28.